The second-order valence-electron chi connectivity index (χ2n) is 3.65. The van der Waals surface area contributed by atoms with Crippen molar-refractivity contribution >= 4 is 0 Å². The molecule has 0 saturated carbocycles. The van der Waals surface area contributed by atoms with Crippen LogP contribution < -0.4 is 5.73 Å². The highest BCUT2D eigenvalue weighted by atomic mass is 19.1. The second kappa shape index (κ2) is 5.83. The third kappa shape index (κ3) is 3.29. The fourth-order valence-electron chi connectivity index (χ4n) is 1.77. The van der Waals surface area contributed by atoms with E-state index < -0.39 is 0 Å². The molecule has 0 fully saturated rings. The van der Waals surface area contributed by atoms with Gasteiger partial charge in [-0.05, 0) is 31.2 Å². The predicted octanol–water partition coefficient (Wildman–Crippen LogP) is 2.17. The maximum atomic E-state index is 13.0. The fourth-order valence-corrected chi connectivity index (χ4v) is 1.77. The standard InChI is InChI=1S/C12H19FN2/c1-3-15(8-7-14)10(2)11-5-4-6-12(13)9-11/h4-6,9-10H,3,7-8,14H2,1-2H3. The summed E-state index contributed by atoms with van der Waals surface area (Å²) in [5.74, 6) is -0.178. The van der Waals surface area contributed by atoms with E-state index >= 15 is 0 Å². The number of hydrogen-bond acceptors (Lipinski definition) is 2. The lowest BCUT2D eigenvalue weighted by Crippen LogP contribution is -2.31. The van der Waals surface area contributed by atoms with E-state index in [1.165, 1.54) is 6.07 Å². The first-order valence-corrected chi connectivity index (χ1v) is 5.38. The number of hydrogen-bond donors (Lipinski definition) is 1. The molecule has 84 valence electrons. The summed E-state index contributed by atoms with van der Waals surface area (Å²) in [6.45, 7) is 6.57. The summed E-state index contributed by atoms with van der Waals surface area (Å²) < 4.78 is 13.0. The van der Waals surface area contributed by atoms with Gasteiger partial charge in [0.2, 0.25) is 0 Å². The van der Waals surface area contributed by atoms with E-state index in [0.29, 0.717) is 6.54 Å². The molecule has 1 rings (SSSR count). The lowest BCUT2D eigenvalue weighted by atomic mass is 10.1. The molecule has 0 aliphatic heterocycles. The first-order chi connectivity index (χ1) is 7.19. The van der Waals surface area contributed by atoms with Crippen LogP contribution in [0.2, 0.25) is 0 Å². The minimum absolute atomic E-state index is 0.178. The Morgan fingerprint density at radius 1 is 1.47 bits per heavy atom. The topological polar surface area (TPSA) is 29.3 Å². The van der Waals surface area contributed by atoms with Crippen molar-refractivity contribution in [1.82, 2.24) is 4.90 Å². The first-order valence-electron chi connectivity index (χ1n) is 5.38. The molecular formula is C12H19FN2. The lowest BCUT2D eigenvalue weighted by molar-refractivity contribution is 0.228. The summed E-state index contributed by atoms with van der Waals surface area (Å²) in [5, 5.41) is 0. The highest BCUT2D eigenvalue weighted by Gasteiger charge is 2.13. The number of halogens is 1. The molecule has 0 aromatic heterocycles. The Balaban J connectivity index is 2.77. The van der Waals surface area contributed by atoms with Crippen LogP contribution in [0.25, 0.3) is 0 Å². The van der Waals surface area contributed by atoms with Gasteiger partial charge in [0.25, 0.3) is 0 Å². The van der Waals surface area contributed by atoms with Crippen molar-refractivity contribution in [2.45, 2.75) is 19.9 Å². The molecule has 3 heteroatoms. The molecule has 1 aromatic carbocycles. The quantitative estimate of drug-likeness (QED) is 0.807. The highest BCUT2D eigenvalue weighted by Crippen LogP contribution is 2.19. The van der Waals surface area contributed by atoms with Gasteiger partial charge in [0, 0.05) is 19.1 Å². The zero-order valence-corrected chi connectivity index (χ0v) is 9.41. The normalized spacial score (nSPS) is 13.1. The van der Waals surface area contributed by atoms with Crippen LogP contribution in [0.5, 0.6) is 0 Å². The van der Waals surface area contributed by atoms with Crippen LogP contribution in [-0.2, 0) is 0 Å². The summed E-state index contributed by atoms with van der Waals surface area (Å²) in [7, 11) is 0. The van der Waals surface area contributed by atoms with Crippen LogP contribution in [0.15, 0.2) is 24.3 Å². The molecule has 2 nitrogen and oxygen atoms in total. The van der Waals surface area contributed by atoms with Crippen molar-refractivity contribution in [3.05, 3.63) is 35.6 Å². The minimum atomic E-state index is -0.178. The number of nitrogens with zero attached hydrogens (tertiary/aromatic N) is 1. The van der Waals surface area contributed by atoms with Crippen LogP contribution >= 0.6 is 0 Å². The Kier molecular flexibility index (Phi) is 4.72. The molecule has 0 saturated heterocycles. The van der Waals surface area contributed by atoms with Gasteiger partial charge in [0.05, 0.1) is 0 Å². The molecule has 0 aliphatic carbocycles. The Morgan fingerprint density at radius 3 is 2.73 bits per heavy atom. The second-order valence-corrected chi connectivity index (χ2v) is 3.65. The van der Waals surface area contributed by atoms with Gasteiger partial charge in [0.1, 0.15) is 5.82 Å². The molecule has 2 N–H and O–H groups in total. The van der Waals surface area contributed by atoms with Crippen molar-refractivity contribution in [2.75, 3.05) is 19.6 Å². The SMILES string of the molecule is CCN(CCN)C(C)c1cccc(F)c1. The molecule has 1 unspecified atom stereocenters. The van der Waals surface area contributed by atoms with Gasteiger partial charge in [-0.2, -0.15) is 0 Å². The molecule has 0 spiro atoms. The summed E-state index contributed by atoms with van der Waals surface area (Å²) in [6, 6.07) is 6.97. The smallest absolute Gasteiger partial charge is 0.123 e. The summed E-state index contributed by atoms with van der Waals surface area (Å²) in [4.78, 5) is 2.23. The van der Waals surface area contributed by atoms with Crippen molar-refractivity contribution < 1.29 is 4.39 Å². The number of nitrogens with two attached hydrogens (primary N) is 1. The molecule has 1 aromatic rings. The molecule has 0 amide bonds. The number of rotatable bonds is 5. The highest BCUT2D eigenvalue weighted by molar-refractivity contribution is 5.19. The summed E-state index contributed by atoms with van der Waals surface area (Å²) >= 11 is 0. The minimum Gasteiger partial charge on any atom is -0.329 e. The van der Waals surface area contributed by atoms with Crippen molar-refractivity contribution in [1.29, 1.82) is 0 Å². The molecule has 0 aliphatic rings. The van der Waals surface area contributed by atoms with Crippen LogP contribution in [0.3, 0.4) is 0 Å². The van der Waals surface area contributed by atoms with E-state index in [9.17, 15) is 4.39 Å². The van der Waals surface area contributed by atoms with Gasteiger partial charge >= 0.3 is 0 Å². The van der Waals surface area contributed by atoms with E-state index in [-0.39, 0.29) is 11.9 Å². The third-order valence-corrected chi connectivity index (χ3v) is 2.70. The largest absolute Gasteiger partial charge is 0.329 e. The summed E-state index contributed by atoms with van der Waals surface area (Å²) in [5.41, 5.74) is 6.54. The van der Waals surface area contributed by atoms with Crippen molar-refractivity contribution in [3.8, 4) is 0 Å². The van der Waals surface area contributed by atoms with Gasteiger partial charge in [-0.1, -0.05) is 19.1 Å². The maximum Gasteiger partial charge on any atom is 0.123 e. The first kappa shape index (κ1) is 12.1. The van der Waals surface area contributed by atoms with Gasteiger partial charge in [-0.15, -0.1) is 0 Å². The molecule has 0 heterocycles. The predicted molar refractivity (Wildman–Crippen MR) is 61.1 cm³/mol. The van der Waals surface area contributed by atoms with Crippen LogP contribution in [-0.4, -0.2) is 24.5 Å². The van der Waals surface area contributed by atoms with E-state index in [2.05, 4.69) is 18.7 Å². The van der Waals surface area contributed by atoms with Gasteiger partial charge in [-0.3, -0.25) is 4.90 Å². The van der Waals surface area contributed by atoms with Crippen LogP contribution in [0, 0.1) is 5.82 Å². The number of benzene rings is 1. The fraction of sp³-hybridized carbons (Fsp3) is 0.500. The van der Waals surface area contributed by atoms with Gasteiger partial charge in [0.15, 0.2) is 0 Å². The van der Waals surface area contributed by atoms with Gasteiger partial charge in [-0.25, -0.2) is 4.39 Å². The van der Waals surface area contributed by atoms with Gasteiger partial charge < -0.3 is 5.73 Å². The van der Waals surface area contributed by atoms with Crippen molar-refractivity contribution in [2.24, 2.45) is 5.73 Å². The van der Waals surface area contributed by atoms with E-state index in [1.807, 2.05) is 6.07 Å². The molecular weight excluding hydrogens is 191 g/mol. The lowest BCUT2D eigenvalue weighted by Gasteiger charge is -2.27. The van der Waals surface area contributed by atoms with Crippen molar-refractivity contribution in [3.63, 3.8) is 0 Å². The van der Waals surface area contributed by atoms with Crippen LogP contribution in [0.4, 0.5) is 4.39 Å². The average Bonchev–Trinajstić information content (AvgIpc) is 2.25. The Hall–Kier alpha value is -0.930. The van der Waals surface area contributed by atoms with E-state index in [0.717, 1.165) is 18.7 Å². The van der Waals surface area contributed by atoms with Crippen LogP contribution in [0.1, 0.15) is 25.5 Å². The van der Waals surface area contributed by atoms with E-state index in [1.54, 1.807) is 12.1 Å². The summed E-state index contributed by atoms with van der Waals surface area (Å²) in [6.07, 6.45) is 0. The zero-order chi connectivity index (χ0) is 11.3. The Morgan fingerprint density at radius 2 is 2.20 bits per heavy atom. The Labute approximate surface area is 90.9 Å². The molecule has 0 radical (unpaired) electrons. The average molecular weight is 210 g/mol. The monoisotopic (exact) mass is 210 g/mol. The molecule has 1 atom stereocenters. The molecule has 0 bridgehead atoms. The van der Waals surface area contributed by atoms with E-state index in [4.69, 9.17) is 5.73 Å². The number of likely N-dealkylation sites (N-methyl/N-ethyl adjacent to an activating group) is 1. The Bertz CT molecular complexity index is 301. The molecule has 15 heavy (non-hydrogen) atoms. The third-order valence-electron chi connectivity index (χ3n) is 2.70. The zero-order valence-electron chi connectivity index (χ0n) is 9.41. The maximum absolute atomic E-state index is 13.0.